The highest BCUT2D eigenvalue weighted by molar-refractivity contribution is 5.85. The number of halogens is 1. The number of ether oxygens (including phenoxy) is 3. The quantitative estimate of drug-likeness (QED) is 0.600. The standard InChI is InChI=1S/C22H23FN2O3/c1-3-4-9-26-18-8-6-16(23)13-17(18)22-21(14(2)24-25-22)15-5-7-19-20(12-15)28-11-10-27-19/h5-8,12-13H,3-4,9-11H2,1-2H3,(H,24,25). The second-order valence-electron chi connectivity index (χ2n) is 6.77. The van der Waals surface area contributed by atoms with E-state index in [4.69, 9.17) is 14.2 Å². The monoisotopic (exact) mass is 382 g/mol. The number of H-pyrrole nitrogens is 1. The molecule has 146 valence electrons. The molecule has 0 bridgehead atoms. The Balaban J connectivity index is 1.78. The van der Waals surface area contributed by atoms with Crippen LogP contribution in [0.15, 0.2) is 36.4 Å². The average Bonchev–Trinajstić information content (AvgIpc) is 3.10. The van der Waals surface area contributed by atoms with E-state index in [-0.39, 0.29) is 5.82 Å². The first-order valence-corrected chi connectivity index (χ1v) is 9.55. The van der Waals surface area contributed by atoms with Crippen LogP contribution in [-0.4, -0.2) is 30.0 Å². The average molecular weight is 382 g/mol. The molecule has 0 saturated heterocycles. The first-order chi connectivity index (χ1) is 13.7. The molecule has 0 unspecified atom stereocenters. The van der Waals surface area contributed by atoms with E-state index < -0.39 is 0 Å². The minimum atomic E-state index is -0.327. The van der Waals surface area contributed by atoms with Crippen molar-refractivity contribution in [2.75, 3.05) is 19.8 Å². The van der Waals surface area contributed by atoms with Crippen LogP contribution in [0.2, 0.25) is 0 Å². The zero-order valence-corrected chi connectivity index (χ0v) is 16.0. The van der Waals surface area contributed by atoms with Crippen LogP contribution in [0.4, 0.5) is 4.39 Å². The minimum Gasteiger partial charge on any atom is -0.493 e. The molecule has 3 aromatic rings. The highest BCUT2D eigenvalue weighted by atomic mass is 19.1. The summed E-state index contributed by atoms with van der Waals surface area (Å²) in [4.78, 5) is 0. The molecule has 0 spiro atoms. The third-order valence-corrected chi connectivity index (χ3v) is 4.73. The maximum absolute atomic E-state index is 14.1. The second-order valence-corrected chi connectivity index (χ2v) is 6.77. The van der Waals surface area contributed by atoms with Gasteiger partial charge in [-0.3, -0.25) is 5.10 Å². The third kappa shape index (κ3) is 3.54. The zero-order chi connectivity index (χ0) is 19.5. The molecule has 1 N–H and O–H groups in total. The van der Waals surface area contributed by atoms with Crippen molar-refractivity contribution >= 4 is 0 Å². The van der Waals surface area contributed by atoms with Crippen molar-refractivity contribution < 1.29 is 18.6 Å². The molecule has 5 nitrogen and oxygen atoms in total. The van der Waals surface area contributed by atoms with E-state index in [1.807, 2.05) is 25.1 Å². The molecule has 4 rings (SSSR count). The lowest BCUT2D eigenvalue weighted by atomic mass is 9.98. The largest absolute Gasteiger partial charge is 0.493 e. The maximum Gasteiger partial charge on any atom is 0.161 e. The van der Waals surface area contributed by atoms with Gasteiger partial charge in [0.1, 0.15) is 30.5 Å². The van der Waals surface area contributed by atoms with Crippen LogP contribution in [0.5, 0.6) is 17.2 Å². The van der Waals surface area contributed by atoms with Crippen molar-refractivity contribution in [3.05, 3.63) is 47.9 Å². The van der Waals surface area contributed by atoms with Crippen LogP contribution in [-0.2, 0) is 0 Å². The van der Waals surface area contributed by atoms with Crippen LogP contribution < -0.4 is 14.2 Å². The van der Waals surface area contributed by atoms with E-state index in [0.717, 1.165) is 35.4 Å². The Labute approximate surface area is 163 Å². The van der Waals surface area contributed by atoms with E-state index in [1.54, 1.807) is 6.07 Å². The van der Waals surface area contributed by atoms with Crippen LogP contribution in [0.1, 0.15) is 25.5 Å². The predicted molar refractivity (Wildman–Crippen MR) is 106 cm³/mol. The van der Waals surface area contributed by atoms with E-state index in [2.05, 4.69) is 17.1 Å². The summed E-state index contributed by atoms with van der Waals surface area (Å²) in [6, 6.07) is 10.3. The summed E-state index contributed by atoms with van der Waals surface area (Å²) in [5, 5.41) is 7.49. The number of nitrogens with zero attached hydrogens (tertiary/aromatic N) is 1. The lowest BCUT2D eigenvalue weighted by Crippen LogP contribution is -2.15. The second kappa shape index (κ2) is 7.92. The normalized spacial score (nSPS) is 12.8. The lowest BCUT2D eigenvalue weighted by molar-refractivity contribution is 0.171. The van der Waals surface area contributed by atoms with Gasteiger partial charge in [0.15, 0.2) is 11.5 Å². The van der Waals surface area contributed by atoms with Crippen molar-refractivity contribution in [1.29, 1.82) is 0 Å². The molecule has 6 heteroatoms. The van der Waals surface area contributed by atoms with Crippen molar-refractivity contribution in [1.82, 2.24) is 10.2 Å². The van der Waals surface area contributed by atoms with Crippen molar-refractivity contribution in [2.45, 2.75) is 26.7 Å². The number of benzene rings is 2. The summed E-state index contributed by atoms with van der Waals surface area (Å²) in [6.07, 6.45) is 1.96. The van der Waals surface area contributed by atoms with E-state index in [9.17, 15) is 4.39 Å². The number of rotatable bonds is 6. The van der Waals surface area contributed by atoms with E-state index in [1.165, 1.54) is 12.1 Å². The Morgan fingerprint density at radius 1 is 1.11 bits per heavy atom. The molecule has 1 aliphatic rings. The molecule has 0 amide bonds. The number of aromatic amines is 1. The van der Waals surface area contributed by atoms with Gasteiger partial charge in [-0.05, 0) is 49.2 Å². The molecule has 2 heterocycles. The van der Waals surface area contributed by atoms with Gasteiger partial charge in [-0.1, -0.05) is 19.4 Å². The summed E-state index contributed by atoms with van der Waals surface area (Å²) < 4.78 is 31.3. The van der Waals surface area contributed by atoms with Gasteiger partial charge in [-0.15, -0.1) is 0 Å². The Kier molecular flexibility index (Phi) is 5.19. The van der Waals surface area contributed by atoms with Crippen LogP contribution in [0.3, 0.4) is 0 Å². The smallest absolute Gasteiger partial charge is 0.161 e. The summed E-state index contributed by atoms with van der Waals surface area (Å²) in [5.41, 5.74) is 3.98. The van der Waals surface area contributed by atoms with Gasteiger partial charge in [0.05, 0.1) is 6.61 Å². The van der Waals surface area contributed by atoms with Gasteiger partial charge < -0.3 is 14.2 Å². The number of hydrogen-bond acceptors (Lipinski definition) is 4. The molecule has 0 saturated carbocycles. The first kappa shape index (κ1) is 18.3. The molecule has 0 aliphatic carbocycles. The SMILES string of the molecule is CCCCOc1ccc(F)cc1-c1n[nH]c(C)c1-c1ccc2c(c1)OCCO2. The molecule has 0 fully saturated rings. The molecule has 0 atom stereocenters. The van der Waals surface area contributed by atoms with E-state index >= 15 is 0 Å². The molecule has 2 aromatic carbocycles. The zero-order valence-electron chi connectivity index (χ0n) is 16.0. The van der Waals surface area contributed by atoms with Gasteiger partial charge >= 0.3 is 0 Å². The fraction of sp³-hybridized carbons (Fsp3) is 0.318. The summed E-state index contributed by atoms with van der Waals surface area (Å²) in [7, 11) is 0. The Morgan fingerprint density at radius 2 is 1.93 bits per heavy atom. The van der Waals surface area contributed by atoms with Gasteiger partial charge in [-0.25, -0.2) is 4.39 Å². The summed E-state index contributed by atoms with van der Waals surface area (Å²) in [5.74, 6) is 1.73. The minimum absolute atomic E-state index is 0.327. The van der Waals surface area contributed by atoms with Crippen LogP contribution in [0, 0.1) is 12.7 Å². The van der Waals surface area contributed by atoms with Crippen LogP contribution >= 0.6 is 0 Å². The fourth-order valence-electron chi connectivity index (χ4n) is 3.32. The van der Waals surface area contributed by atoms with Crippen molar-refractivity contribution in [3.8, 4) is 39.6 Å². The van der Waals surface area contributed by atoms with Crippen molar-refractivity contribution in [2.24, 2.45) is 0 Å². The lowest BCUT2D eigenvalue weighted by Gasteiger charge is -2.19. The summed E-state index contributed by atoms with van der Waals surface area (Å²) >= 11 is 0. The van der Waals surface area contributed by atoms with Gasteiger partial charge in [0, 0.05) is 16.8 Å². The number of aryl methyl sites for hydroxylation is 1. The predicted octanol–water partition coefficient (Wildman–Crippen LogP) is 5.14. The third-order valence-electron chi connectivity index (χ3n) is 4.73. The van der Waals surface area contributed by atoms with Gasteiger partial charge in [-0.2, -0.15) is 5.10 Å². The number of aromatic nitrogens is 2. The van der Waals surface area contributed by atoms with Gasteiger partial charge in [0.25, 0.3) is 0 Å². The highest BCUT2D eigenvalue weighted by Crippen LogP contribution is 2.41. The Hall–Kier alpha value is -3.02. The first-order valence-electron chi connectivity index (χ1n) is 9.55. The topological polar surface area (TPSA) is 56.4 Å². The van der Waals surface area contributed by atoms with Gasteiger partial charge in [0.2, 0.25) is 0 Å². The number of fused-ring (bicyclic) bond motifs is 1. The fourth-order valence-corrected chi connectivity index (χ4v) is 3.32. The van der Waals surface area contributed by atoms with Crippen LogP contribution in [0.25, 0.3) is 22.4 Å². The highest BCUT2D eigenvalue weighted by Gasteiger charge is 2.21. The number of unbranched alkanes of at least 4 members (excludes halogenated alkanes) is 1. The Bertz CT molecular complexity index is 984. The number of nitrogens with one attached hydrogen (secondary N) is 1. The van der Waals surface area contributed by atoms with Crippen molar-refractivity contribution in [3.63, 3.8) is 0 Å². The molecule has 28 heavy (non-hydrogen) atoms. The molecule has 1 aromatic heterocycles. The molecular weight excluding hydrogens is 359 g/mol. The molecule has 1 aliphatic heterocycles. The molecule has 0 radical (unpaired) electrons. The van der Waals surface area contributed by atoms with E-state index in [0.29, 0.717) is 42.6 Å². The molecular formula is C22H23FN2O3. The Morgan fingerprint density at radius 3 is 2.75 bits per heavy atom. The number of hydrogen-bond donors (Lipinski definition) is 1. The maximum atomic E-state index is 14.1. The summed E-state index contributed by atoms with van der Waals surface area (Å²) in [6.45, 7) is 5.69.